The van der Waals surface area contributed by atoms with Gasteiger partial charge in [-0.2, -0.15) is 0 Å². The van der Waals surface area contributed by atoms with E-state index in [2.05, 4.69) is 142 Å². The summed E-state index contributed by atoms with van der Waals surface area (Å²) in [6.07, 6.45) is 78.7. The van der Waals surface area contributed by atoms with Crippen molar-refractivity contribution >= 4 is 17.9 Å². The van der Waals surface area contributed by atoms with Gasteiger partial charge in [0.25, 0.3) is 0 Å². The van der Waals surface area contributed by atoms with Gasteiger partial charge in [-0.15, -0.1) is 0 Å². The molecular formula is C63H100O6. The first-order valence-corrected chi connectivity index (χ1v) is 27.7. The zero-order valence-corrected chi connectivity index (χ0v) is 44.3. The van der Waals surface area contributed by atoms with Gasteiger partial charge >= 0.3 is 17.9 Å². The summed E-state index contributed by atoms with van der Waals surface area (Å²) >= 11 is 0. The minimum Gasteiger partial charge on any atom is -0.462 e. The topological polar surface area (TPSA) is 78.9 Å². The Morgan fingerprint density at radius 3 is 0.971 bits per heavy atom. The highest BCUT2D eigenvalue weighted by Gasteiger charge is 2.19. The van der Waals surface area contributed by atoms with E-state index in [1.807, 2.05) is 12.2 Å². The van der Waals surface area contributed by atoms with Crippen molar-refractivity contribution in [2.24, 2.45) is 0 Å². The third-order valence-electron chi connectivity index (χ3n) is 11.1. The first-order chi connectivity index (χ1) is 34.0. The fourth-order valence-electron chi connectivity index (χ4n) is 7.04. The molecule has 0 rings (SSSR count). The lowest BCUT2D eigenvalue weighted by atomic mass is 10.1. The number of allylic oxidation sites excluding steroid dienone is 22. The Morgan fingerprint density at radius 1 is 0.304 bits per heavy atom. The van der Waals surface area contributed by atoms with Crippen molar-refractivity contribution in [1.82, 2.24) is 0 Å². The van der Waals surface area contributed by atoms with Gasteiger partial charge in [-0.3, -0.25) is 14.4 Å². The molecule has 0 spiro atoms. The Hall–Kier alpha value is -4.45. The number of esters is 3. The Labute approximate surface area is 424 Å². The summed E-state index contributed by atoms with van der Waals surface area (Å²) in [6, 6.07) is 0. The van der Waals surface area contributed by atoms with Crippen molar-refractivity contribution in [2.45, 2.75) is 232 Å². The zero-order valence-electron chi connectivity index (χ0n) is 44.3. The highest BCUT2D eigenvalue weighted by atomic mass is 16.6. The molecule has 6 nitrogen and oxygen atoms in total. The van der Waals surface area contributed by atoms with Crippen LogP contribution in [0.25, 0.3) is 0 Å². The predicted molar refractivity (Wildman–Crippen MR) is 297 cm³/mol. The molecule has 388 valence electrons. The van der Waals surface area contributed by atoms with E-state index in [-0.39, 0.29) is 37.5 Å². The van der Waals surface area contributed by atoms with Crippen LogP contribution < -0.4 is 0 Å². The Kier molecular flexibility index (Phi) is 52.5. The molecule has 0 aliphatic heterocycles. The molecular weight excluding hydrogens is 853 g/mol. The summed E-state index contributed by atoms with van der Waals surface area (Å²) in [5.41, 5.74) is 0. The average Bonchev–Trinajstić information content (AvgIpc) is 3.35. The molecule has 0 N–H and O–H groups in total. The monoisotopic (exact) mass is 953 g/mol. The maximum absolute atomic E-state index is 12.8. The highest BCUT2D eigenvalue weighted by molar-refractivity contribution is 5.71. The molecule has 0 heterocycles. The first-order valence-electron chi connectivity index (χ1n) is 27.7. The van der Waals surface area contributed by atoms with E-state index >= 15 is 0 Å². The molecule has 1 atom stereocenters. The van der Waals surface area contributed by atoms with Gasteiger partial charge in [0.05, 0.1) is 0 Å². The number of hydrogen-bond acceptors (Lipinski definition) is 6. The number of unbranched alkanes of at least 4 members (excludes halogenated alkanes) is 15. The number of rotatable bonds is 48. The molecule has 0 amide bonds. The van der Waals surface area contributed by atoms with Gasteiger partial charge in [0.2, 0.25) is 0 Å². The summed E-state index contributed by atoms with van der Waals surface area (Å²) < 4.78 is 16.8. The predicted octanol–water partition coefficient (Wildman–Crippen LogP) is 18.6. The van der Waals surface area contributed by atoms with Crippen LogP contribution in [-0.2, 0) is 28.6 Å². The highest BCUT2D eigenvalue weighted by Crippen LogP contribution is 2.13. The maximum atomic E-state index is 12.8. The van der Waals surface area contributed by atoms with E-state index in [1.165, 1.54) is 51.4 Å². The summed E-state index contributed by atoms with van der Waals surface area (Å²) in [5.74, 6) is -1.03. The van der Waals surface area contributed by atoms with Gasteiger partial charge in [0.15, 0.2) is 6.10 Å². The van der Waals surface area contributed by atoms with Crippen LogP contribution in [0.5, 0.6) is 0 Å². The van der Waals surface area contributed by atoms with Crippen LogP contribution in [0.1, 0.15) is 226 Å². The molecule has 0 unspecified atom stereocenters. The van der Waals surface area contributed by atoms with Gasteiger partial charge < -0.3 is 14.2 Å². The lowest BCUT2D eigenvalue weighted by Gasteiger charge is -2.18. The van der Waals surface area contributed by atoms with Crippen molar-refractivity contribution < 1.29 is 28.6 Å². The Bertz CT molecular complexity index is 1510. The molecule has 0 aliphatic carbocycles. The van der Waals surface area contributed by atoms with Crippen LogP contribution >= 0.6 is 0 Å². The minimum absolute atomic E-state index is 0.118. The average molecular weight is 953 g/mol. The Morgan fingerprint density at radius 2 is 0.594 bits per heavy atom. The minimum atomic E-state index is -0.825. The van der Waals surface area contributed by atoms with Gasteiger partial charge in [-0.25, -0.2) is 0 Å². The smallest absolute Gasteiger partial charge is 0.306 e. The van der Waals surface area contributed by atoms with Gasteiger partial charge in [-0.05, 0) is 122 Å². The largest absolute Gasteiger partial charge is 0.462 e. The standard InChI is InChI=1S/C63H100O6/c1-4-7-10-13-16-19-22-25-28-30-31-33-35-38-41-44-47-50-53-56-62(65)68-59-60(58-67-61(64)55-52-49-46-43-40-37-34-27-24-21-18-15-12-9-6-3)69-63(66)57-54-51-48-45-42-39-36-32-29-26-23-20-17-14-11-8-5-2/h7,9-10,12,16-21,25-29,31,33-34,38,41,47,50,60H,4-6,8,11,13-15,22-24,30,32,35-37,39-40,42-46,48-49,51-59H2,1-3H3/b10-7-,12-9-,19-16-,20-17-,21-18-,28-25-,29-26-,33-31-,34-27-,41-38-,50-47-/t60-/m1/s1. The molecule has 69 heavy (non-hydrogen) atoms. The molecule has 0 saturated heterocycles. The fraction of sp³-hybridized carbons (Fsp3) is 0.603. The van der Waals surface area contributed by atoms with Gasteiger partial charge in [-0.1, -0.05) is 219 Å². The summed E-state index contributed by atoms with van der Waals surface area (Å²) in [7, 11) is 0. The maximum Gasteiger partial charge on any atom is 0.306 e. The lowest BCUT2D eigenvalue weighted by Crippen LogP contribution is -2.30. The van der Waals surface area contributed by atoms with Crippen LogP contribution in [0.4, 0.5) is 0 Å². The third-order valence-corrected chi connectivity index (χ3v) is 11.1. The molecule has 0 aromatic rings. The van der Waals surface area contributed by atoms with Crippen molar-refractivity contribution in [3.8, 4) is 0 Å². The van der Waals surface area contributed by atoms with Gasteiger partial charge in [0, 0.05) is 19.3 Å². The molecule has 0 aliphatic rings. The second kappa shape index (κ2) is 56.1. The SMILES string of the molecule is CC/C=C\C/C=C\C/C=C\C/C=C\C/C=C\C/C=C\CCC(=O)OC[C@@H](COC(=O)CCCCCCC/C=C\C/C=C\C/C=C\CC)OC(=O)CCCCCCCCC/C=C\C/C=C\CCCCC. The lowest BCUT2D eigenvalue weighted by molar-refractivity contribution is -0.166. The molecule has 0 fully saturated rings. The summed E-state index contributed by atoms with van der Waals surface area (Å²) in [4.78, 5) is 38.1. The van der Waals surface area contributed by atoms with E-state index in [9.17, 15) is 14.4 Å². The third kappa shape index (κ3) is 54.4. The molecule has 0 aromatic carbocycles. The molecule has 6 heteroatoms. The summed E-state index contributed by atoms with van der Waals surface area (Å²) in [5, 5.41) is 0. The van der Waals surface area contributed by atoms with Crippen LogP contribution in [0, 0.1) is 0 Å². The van der Waals surface area contributed by atoms with Crippen molar-refractivity contribution in [1.29, 1.82) is 0 Å². The molecule has 0 radical (unpaired) electrons. The van der Waals surface area contributed by atoms with E-state index in [4.69, 9.17) is 14.2 Å². The van der Waals surface area contributed by atoms with Crippen molar-refractivity contribution in [3.63, 3.8) is 0 Å². The van der Waals surface area contributed by atoms with Crippen molar-refractivity contribution in [2.75, 3.05) is 13.2 Å². The molecule has 0 bridgehead atoms. The van der Waals surface area contributed by atoms with Crippen LogP contribution in [-0.4, -0.2) is 37.2 Å². The van der Waals surface area contributed by atoms with Crippen molar-refractivity contribution in [3.05, 3.63) is 134 Å². The normalized spacial score (nSPS) is 13.1. The van der Waals surface area contributed by atoms with E-state index < -0.39 is 6.10 Å². The first kappa shape index (κ1) is 64.5. The van der Waals surface area contributed by atoms with E-state index in [0.29, 0.717) is 19.3 Å². The van der Waals surface area contributed by atoms with E-state index in [1.54, 1.807) is 0 Å². The van der Waals surface area contributed by atoms with Gasteiger partial charge in [0.1, 0.15) is 13.2 Å². The quantitative estimate of drug-likeness (QED) is 0.0262. The fourth-order valence-corrected chi connectivity index (χ4v) is 7.04. The Balaban J connectivity index is 4.56. The van der Waals surface area contributed by atoms with E-state index in [0.717, 1.165) is 128 Å². The molecule has 0 aromatic heterocycles. The molecule has 0 saturated carbocycles. The van der Waals surface area contributed by atoms with Crippen LogP contribution in [0.15, 0.2) is 134 Å². The van der Waals surface area contributed by atoms with Crippen LogP contribution in [0.3, 0.4) is 0 Å². The summed E-state index contributed by atoms with van der Waals surface area (Å²) in [6.45, 7) is 6.29. The number of ether oxygens (including phenoxy) is 3. The second-order valence-corrected chi connectivity index (χ2v) is 17.7. The van der Waals surface area contributed by atoms with Crippen LogP contribution in [0.2, 0.25) is 0 Å². The zero-order chi connectivity index (χ0) is 50.0. The second-order valence-electron chi connectivity index (χ2n) is 17.7. The number of carbonyl (C=O) groups is 3. The number of carbonyl (C=O) groups excluding carboxylic acids is 3. The number of hydrogen-bond donors (Lipinski definition) is 0.